The van der Waals surface area contributed by atoms with Crippen molar-refractivity contribution in [1.29, 1.82) is 0 Å². The van der Waals surface area contributed by atoms with Crippen LogP contribution in [-0.4, -0.2) is 26.0 Å². The van der Waals surface area contributed by atoms with Crippen LogP contribution in [0.4, 0.5) is 0 Å². The number of allylic oxidation sites excluding steroid dienone is 4. The first kappa shape index (κ1) is 10.2. The molecule has 1 aliphatic carbocycles. The molecular formula is C8H14NTi. The van der Waals surface area contributed by atoms with Crippen LogP contribution in [0.15, 0.2) is 22.1 Å². The average Bonchev–Trinajstić information content (AvgIpc) is 2.15. The topological polar surface area (TPSA) is 3.24 Å². The van der Waals surface area contributed by atoms with E-state index in [1.165, 1.54) is 10.3 Å². The molecule has 55 valence electrons. The van der Waals surface area contributed by atoms with Gasteiger partial charge >= 0.3 is 49.0 Å². The summed E-state index contributed by atoms with van der Waals surface area (Å²) in [6, 6.07) is 0. The molecule has 0 N–H and O–H groups in total. The second-order valence-electron chi connectivity index (χ2n) is 2.67. The fourth-order valence-corrected chi connectivity index (χ4v) is 0.782. The first-order chi connectivity index (χ1) is 4.63. The Bertz CT molecular complexity index is 133. The van der Waals surface area contributed by atoms with E-state index in [-0.39, 0.29) is 0 Å². The van der Waals surface area contributed by atoms with Crippen LogP contribution in [0.3, 0.4) is 0 Å². The fourth-order valence-electron chi connectivity index (χ4n) is 0.447. The molecule has 0 unspecified atom stereocenters. The summed E-state index contributed by atoms with van der Waals surface area (Å²) in [4.78, 5) is 2.00. The molecule has 0 aromatic rings. The minimum absolute atomic E-state index is 1.17. The van der Waals surface area contributed by atoms with Crippen molar-refractivity contribution in [3.63, 3.8) is 0 Å². The Morgan fingerprint density at radius 1 is 1.40 bits per heavy atom. The predicted octanol–water partition coefficient (Wildman–Crippen LogP) is 1.55. The predicted molar refractivity (Wildman–Crippen MR) is 41.5 cm³/mol. The number of nitrogens with zero attached hydrogens (tertiary/aromatic N) is 1. The van der Waals surface area contributed by atoms with Gasteiger partial charge < -0.3 is 4.90 Å². The number of hydrogen-bond acceptors (Lipinski definition) is 1. The van der Waals surface area contributed by atoms with Gasteiger partial charge in [0.05, 0.1) is 0 Å². The molecule has 2 heteroatoms. The molecule has 0 aromatic carbocycles. The second-order valence-corrected chi connectivity index (χ2v) is 3.67. The van der Waals surface area contributed by atoms with Crippen molar-refractivity contribution in [3.05, 3.63) is 22.1 Å². The van der Waals surface area contributed by atoms with Gasteiger partial charge in [0.15, 0.2) is 0 Å². The maximum atomic E-state index is 2.16. The van der Waals surface area contributed by atoms with E-state index in [0.29, 0.717) is 0 Å². The van der Waals surface area contributed by atoms with E-state index in [2.05, 4.69) is 38.7 Å². The standard InChI is InChI=1S/C5H5.C3H9N.Ti/c1-2-4-5-3-1;1-4(2)3;/h1-3H,4H2;1-3H3;. The quantitative estimate of drug-likeness (QED) is 0.501. The third kappa shape index (κ3) is 8.15. The molecule has 0 atom stereocenters. The molecule has 0 fully saturated rings. The Kier molecular flexibility index (Phi) is 5.99. The van der Waals surface area contributed by atoms with Gasteiger partial charge in [-0.15, -0.1) is 0 Å². The molecule has 10 heavy (non-hydrogen) atoms. The first-order valence-electron chi connectivity index (χ1n) is 3.31. The van der Waals surface area contributed by atoms with Crippen molar-refractivity contribution in [1.82, 2.24) is 4.90 Å². The molecule has 0 aliphatic heterocycles. The van der Waals surface area contributed by atoms with Crippen LogP contribution in [0.25, 0.3) is 0 Å². The second kappa shape index (κ2) is 5.90. The summed E-state index contributed by atoms with van der Waals surface area (Å²) in [5, 5.41) is 0. The molecule has 1 aliphatic rings. The molecule has 0 radical (unpaired) electrons. The monoisotopic (exact) mass is 172 g/mol. The van der Waals surface area contributed by atoms with Crippen LogP contribution in [0.5, 0.6) is 0 Å². The van der Waals surface area contributed by atoms with Gasteiger partial charge in [-0.1, -0.05) is 0 Å². The van der Waals surface area contributed by atoms with E-state index in [4.69, 9.17) is 0 Å². The maximum absolute atomic E-state index is 2.16. The van der Waals surface area contributed by atoms with Gasteiger partial charge in [-0.25, -0.2) is 0 Å². The molecule has 1 nitrogen and oxygen atoms in total. The van der Waals surface area contributed by atoms with E-state index >= 15 is 0 Å². The first-order valence-corrected chi connectivity index (χ1v) is 4.09. The summed E-state index contributed by atoms with van der Waals surface area (Å²) < 4.78 is 1.47. The Balaban J connectivity index is 0.000000180. The van der Waals surface area contributed by atoms with Crippen molar-refractivity contribution in [2.45, 2.75) is 6.42 Å². The molecule has 0 spiro atoms. The van der Waals surface area contributed by atoms with Crippen molar-refractivity contribution < 1.29 is 20.4 Å². The molecule has 1 rings (SSSR count). The van der Waals surface area contributed by atoms with E-state index < -0.39 is 0 Å². The summed E-state index contributed by atoms with van der Waals surface area (Å²) in [5.74, 6) is 0. The SMILES string of the molecule is CN(C)C.[Ti][C]1=CC=CC1. The van der Waals surface area contributed by atoms with E-state index in [9.17, 15) is 0 Å². The van der Waals surface area contributed by atoms with Gasteiger partial charge in [0.25, 0.3) is 0 Å². The number of rotatable bonds is 0. The minimum atomic E-state index is 1.17. The van der Waals surface area contributed by atoms with Crippen LogP contribution in [0, 0.1) is 0 Å². The molecule has 0 bridgehead atoms. The fraction of sp³-hybridized carbons (Fsp3) is 0.500. The van der Waals surface area contributed by atoms with Crippen LogP contribution in [0.2, 0.25) is 0 Å². The van der Waals surface area contributed by atoms with Crippen molar-refractivity contribution in [3.8, 4) is 0 Å². The summed E-state index contributed by atoms with van der Waals surface area (Å²) in [6.45, 7) is 0. The molecule has 0 aromatic heterocycles. The molecule has 0 saturated carbocycles. The Hall–Kier alpha value is 0.154. The van der Waals surface area contributed by atoms with Crippen molar-refractivity contribution in [2.75, 3.05) is 21.1 Å². The average molecular weight is 172 g/mol. The third-order valence-corrected chi connectivity index (χ3v) is 1.35. The zero-order chi connectivity index (χ0) is 7.98. The van der Waals surface area contributed by atoms with Gasteiger partial charge in [-0.3, -0.25) is 0 Å². The van der Waals surface area contributed by atoms with Crippen LogP contribution in [0.1, 0.15) is 6.42 Å². The van der Waals surface area contributed by atoms with Crippen LogP contribution in [-0.2, 0) is 20.4 Å². The summed E-state index contributed by atoms with van der Waals surface area (Å²) in [5.41, 5.74) is 0. The van der Waals surface area contributed by atoms with Crippen LogP contribution >= 0.6 is 0 Å². The van der Waals surface area contributed by atoms with E-state index in [1.54, 1.807) is 0 Å². The van der Waals surface area contributed by atoms with Crippen LogP contribution < -0.4 is 0 Å². The van der Waals surface area contributed by atoms with Gasteiger partial charge in [0.2, 0.25) is 0 Å². The molecule has 0 heterocycles. The third-order valence-electron chi connectivity index (χ3n) is 0.771. The van der Waals surface area contributed by atoms with Crippen molar-refractivity contribution in [2.24, 2.45) is 0 Å². The summed E-state index contributed by atoms with van der Waals surface area (Å²) in [6.07, 6.45) is 7.56. The Morgan fingerprint density at radius 3 is 2.00 bits per heavy atom. The van der Waals surface area contributed by atoms with Gasteiger partial charge in [0, 0.05) is 0 Å². The molecule has 0 amide bonds. The van der Waals surface area contributed by atoms with Crippen molar-refractivity contribution >= 4 is 0 Å². The van der Waals surface area contributed by atoms with Gasteiger partial charge in [0.1, 0.15) is 0 Å². The Morgan fingerprint density at radius 2 is 1.90 bits per heavy atom. The zero-order valence-corrected chi connectivity index (χ0v) is 8.45. The zero-order valence-electron chi connectivity index (χ0n) is 6.89. The summed E-state index contributed by atoms with van der Waals surface area (Å²) >= 11 is 2.14. The van der Waals surface area contributed by atoms with Gasteiger partial charge in [-0.05, 0) is 21.1 Å². The Labute approximate surface area is 75.2 Å². The normalized spacial score (nSPS) is 14.5. The van der Waals surface area contributed by atoms with E-state index in [1.807, 2.05) is 26.0 Å². The van der Waals surface area contributed by atoms with E-state index in [0.717, 1.165) is 0 Å². The molecular weight excluding hydrogens is 158 g/mol. The number of hydrogen-bond donors (Lipinski definition) is 0. The summed E-state index contributed by atoms with van der Waals surface area (Å²) in [7, 11) is 6.00. The molecule has 0 saturated heterocycles. The van der Waals surface area contributed by atoms with Gasteiger partial charge in [-0.2, -0.15) is 0 Å².